The van der Waals surface area contributed by atoms with Gasteiger partial charge in [-0.2, -0.15) is 0 Å². The molecule has 0 heterocycles. The van der Waals surface area contributed by atoms with Crippen LogP contribution in [0.25, 0.3) is 0 Å². The van der Waals surface area contributed by atoms with Crippen molar-refractivity contribution in [2.75, 3.05) is 45.3 Å². The first kappa shape index (κ1) is 20.9. The Balaban J connectivity index is 2.64. The highest BCUT2D eigenvalue weighted by Crippen LogP contribution is 2.19. The molecule has 0 aromatic heterocycles. The highest BCUT2D eigenvalue weighted by molar-refractivity contribution is 5.94. The number of nitrogens with zero attached hydrogens (tertiary/aromatic N) is 1. The number of amides is 2. The third-order valence-electron chi connectivity index (χ3n) is 3.15. The lowest BCUT2D eigenvalue weighted by Crippen LogP contribution is -2.40. The molecule has 0 saturated heterocycles. The number of methoxy groups -OCH3 is 1. The molecule has 1 rings (SSSR count). The smallest absolute Gasteiger partial charge is 0.249 e. The Morgan fingerprint density at radius 1 is 1.16 bits per heavy atom. The van der Waals surface area contributed by atoms with Crippen LogP contribution in [0.4, 0.5) is 18.9 Å². The van der Waals surface area contributed by atoms with E-state index in [1.807, 2.05) is 6.92 Å². The van der Waals surface area contributed by atoms with Crippen molar-refractivity contribution >= 4 is 17.5 Å². The monoisotopic (exact) mass is 362 g/mol. The molecule has 9 heteroatoms. The predicted molar refractivity (Wildman–Crippen MR) is 84.5 cm³/mol. The van der Waals surface area contributed by atoms with Crippen LogP contribution in [0.5, 0.6) is 0 Å². The maximum absolute atomic E-state index is 13.6. The minimum Gasteiger partial charge on any atom is -0.382 e. The summed E-state index contributed by atoms with van der Waals surface area (Å²) >= 11 is 0. The number of hydrogen-bond donors (Lipinski definition) is 1. The van der Waals surface area contributed by atoms with Crippen molar-refractivity contribution in [1.82, 2.24) is 4.90 Å². The second-order valence-electron chi connectivity index (χ2n) is 5.13. The van der Waals surface area contributed by atoms with Gasteiger partial charge in [-0.05, 0) is 18.6 Å². The molecular formula is C16H21F3N2O4. The number of halogens is 3. The summed E-state index contributed by atoms with van der Waals surface area (Å²) in [6, 6.07) is 1.61. The van der Waals surface area contributed by atoms with Gasteiger partial charge in [0.15, 0.2) is 17.5 Å². The number of carbonyl (C=O) groups excluding carboxylic acids is 2. The molecule has 1 aromatic rings. The Bertz CT molecular complexity index is 599. The van der Waals surface area contributed by atoms with E-state index >= 15 is 0 Å². The summed E-state index contributed by atoms with van der Waals surface area (Å²) in [7, 11) is 1.50. The van der Waals surface area contributed by atoms with Gasteiger partial charge in [-0.1, -0.05) is 6.92 Å². The summed E-state index contributed by atoms with van der Waals surface area (Å²) in [5, 5.41) is 2.12. The molecule has 6 nitrogen and oxygen atoms in total. The number of ether oxygens (including phenoxy) is 2. The van der Waals surface area contributed by atoms with Crippen LogP contribution in [0.3, 0.4) is 0 Å². The lowest BCUT2D eigenvalue weighted by molar-refractivity contribution is -0.139. The number of benzene rings is 1. The Kier molecular flexibility index (Phi) is 8.93. The molecule has 0 atom stereocenters. The van der Waals surface area contributed by atoms with Gasteiger partial charge in [-0.15, -0.1) is 0 Å². The Morgan fingerprint density at radius 3 is 2.52 bits per heavy atom. The van der Waals surface area contributed by atoms with Crippen molar-refractivity contribution < 1.29 is 32.2 Å². The molecule has 1 N–H and O–H groups in total. The van der Waals surface area contributed by atoms with Crippen LogP contribution in [0.15, 0.2) is 12.1 Å². The van der Waals surface area contributed by atoms with Gasteiger partial charge in [-0.3, -0.25) is 9.59 Å². The second kappa shape index (κ2) is 10.7. The maximum atomic E-state index is 13.6. The van der Waals surface area contributed by atoms with Gasteiger partial charge >= 0.3 is 0 Å². The van der Waals surface area contributed by atoms with Gasteiger partial charge in [0.2, 0.25) is 11.8 Å². The number of rotatable bonds is 10. The Hall–Kier alpha value is -2.13. The predicted octanol–water partition coefficient (Wildman–Crippen LogP) is 1.94. The molecule has 0 aliphatic heterocycles. The lowest BCUT2D eigenvalue weighted by Gasteiger charge is -2.21. The number of hydrogen-bond acceptors (Lipinski definition) is 4. The van der Waals surface area contributed by atoms with E-state index < -0.39 is 35.0 Å². The topological polar surface area (TPSA) is 67.9 Å². The minimum atomic E-state index is -1.68. The van der Waals surface area contributed by atoms with Crippen molar-refractivity contribution in [3.63, 3.8) is 0 Å². The van der Waals surface area contributed by atoms with Crippen molar-refractivity contribution in [3.8, 4) is 0 Å². The normalized spacial score (nSPS) is 10.6. The fourth-order valence-corrected chi connectivity index (χ4v) is 1.94. The van der Waals surface area contributed by atoms with Crippen molar-refractivity contribution in [2.24, 2.45) is 0 Å². The molecular weight excluding hydrogens is 341 g/mol. The first-order valence-corrected chi connectivity index (χ1v) is 7.68. The molecule has 0 saturated carbocycles. The van der Waals surface area contributed by atoms with Crippen LogP contribution in [0.1, 0.15) is 13.3 Å². The standard InChI is InChI=1S/C16H21F3N2O4/c1-3-6-21(14(23)10-25-8-7-24-2)9-13(22)20-12-5-4-11(17)15(18)16(12)19/h4-5H,3,6-10H2,1-2H3,(H,20,22). The zero-order valence-corrected chi connectivity index (χ0v) is 14.1. The molecule has 0 unspecified atom stereocenters. The van der Waals surface area contributed by atoms with Gasteiger partial charge in [0.1, 0.15) is 6.61 Å². The summed E-state index contributed by atoms with van der Waals surface area (Å²) in [4.78, 5) is 25.3. The highest BCUT2D eigenvalue weighted by atomic mass is 19.2. The van der Waals surface area contributed by atoms with Crippen LogP contribution in [-0.4, -0.2) is 56.7 Å². The molecule has 2 amide bonds. The Labute approximate surface area is 143 Å². The third-order valence-corrected chi connectivity index (χ3v) is 3.15. The van der Waals surface area contributed by atoms with Crippen LogP contribution in [0.2, 0.25) is 0 Å². The van der Waals surface area contributed by atoms with Crippen molar-refractivity contribution in [1.29, 1.82) is 0 Å². The first-order valence-electron chi connectivity index (χ1n) is 7.68. The number of anilines is 1. The molecule has 0 fully saturated rings. The summed E-state index contributed by atoms with van der Waals surface area (Å²) in [6.07, 6.45) is 0.594. The Morgan fingerprint density at radius 2 is 1.88 bits per heavy atom. The van der Waals surface area contributed by atoms with Crippen molar-refractivity contribution in [2.45, 2.75) is 13.3 Å². The summed E-state index contributed by atoms with van der Waals surface area (Å²) in [6.45, 7) is 2.08. The zero-order valence-electron chi connectivity index (χ0n) is 14.1. The van der Waals surface area contributed by atoms with E-state index in [1.54, 1.807) is 0 Å². The molecule has 0 aliphatic carbocycles. The molecule has 0 aliphatic rings. The van der Waals surface area contributed by atoms with Crippen LogP contribution >= 0.6 is 0 Å². The highest BCUT2D eigenvalue weighted by Gasteiger charge is 2.19. The molecule has 0 bridgehead atoms. The average molecular weight is 362 g/mol. The molecule has 0 spiro atoms. The quantitative estimate of drug-likeness (QED) is 0.510. The van der Waals surface area contributed by atoms with Gasteiger partial charge < -0.3 is 19.7 Å². The molecule has 140 valence electrons. The molecule has 1 aromatic carbocycles. The summed E-state index contributed by atoms with van der Waals surface area (Å²) < 4.78 is 49.5. The van der Waals surface area contributed by atoms with Gasteiger partial charge in [0.25, 0.3) is 0 Å². The lowest BCUT2D eigenvalue weighted by atomic mass is 10.2. The molecule has 25 heavy (non-hydrogen) atoms. The van der Waals surface area contributed by atoms with Crippen molar-refractivity contribution in [3.05, 3.63) is 29.6 Å². The summed E-state index contributed by atoms with van der Waals surface area (Å²) in [5.74, 6) is -5.68. The van der Waals surface area contributed by atoms with Crippen LogP contribution in [0, 0.1) is 17.5 Å². The SMILES string of the molecule is CCCN(CC(=O)Nc1ccc(F)c(F)c1F)C(=O)COCCOC. The van der Waals surface area contributed by atoms with Gasteiger partial charge in [-0.25, -0.2) is 13.2 Å². The van der Waals surface area contributed by atoms with E-state index in [1.165, 1.54) is 12.0 Å². The maximum Gasteiger partial charge on any atom is 0.249 e. The second-order valence-corrected chi connectivity index (χ2v) is 5.13. The van der Waals surface area contributed by atoms with Gasteiger partial charge in [0, 0.05) is 13.7 Å². The fourth-order valence-electron chi connectivity index (χ4n) is 1.94. The number of carbonyl (C=O) groups is 2. The van der Waals surface area contributed by atoms with Crippen LogP contribution < -0.4 is 5.32 Å². The third kappa shape index (κ3) is 6.71. The van der Waals surface area contributed by atoms with E-state index in [-0.39, 0.29) is 19.8 Å². The van der Waals surface area contributed by atoms with E-state index in [2.05, 4.69) is 5.32 Å². The first-order chi connectivity index (χ1) is 11.9. The number of nitrogens with one attached hydrogen (secondary N) is 1. The van der Waals surface area contributed by atoms with Crippen LogP contribution in [-0.2, 0) is 19.1 Å². The van der Waals surface area contributed by atoms with E-state index in [0.717, 1.165) is 6.07 Å². The molecule has 0 radical (unpaired) electrons. The summed E-state index contributed by atoms with van der Waals surface area (Å²) in [5.41, 5.74) is -0.496. The van der Waals surface area contributed by atoms with E-state index in [9.17, 15) is 22.8 Å². The van der Waals surface area contributed by atoms with Gasteiger partial charge in [0.05, 0.1) is 25.4 Å². The minimum absolute atomic E-state index is 0.226. The fraction of sp³-hybridized carbons (Fsp3) is 0.500. The zero-order chi connectivity index (χ0) is 18.8. The van der Waals surface area contributed by atoms with E-state index in [0.29, 0.717) is 25.6 Å². The average Bonchev–Trinajstić information content (AvgIpc) is 2.58. The largest absolute Gasteiger partial charge is 0.382 e. The van der Waals surface area contributed by atoms with E-state index in [4.69, 9.17) is 9.47 Å².